The molecule has 0 bridgehead atoms. The van der Waals surface area contributed by atoms with Gasteiger partial charge in [0, 0.05) is 17.9 Å². The van der Waals surface area contributed by atoms with E-state index in [0.717, 1.165) is 23.9 Å². The molecule has 1 aromatic carbocycles. The molecule has 0 aliphatic rings. The van der Waals surface area contributed by atoms with Crippen LogP contribution in [0.3, 0.4) is 0 Å². The number of alkyl halides is 3. The van der Waals surface area contributed by atoms with E-state index in [1.54, 1.807) is 12.1 Å². The zero-order valence-corrected chi connectivity index (χ0v) is 10.8. The molecule has 1 unspecified atom stereocenters. The number of hydrogen-bond acceptors (Lipinski definition) is 3. The van der Waals surface area contributed by atoms with Gasteiger partial charge in [-0.25, -0.2) is 4.98 Å². The summed E-state index contributed by atoms with van der Waals surface area (Å²) in [5, 5.41) is 2.94. The Morgan fingerprint density at radius 2 is 1.80 bits per heavy atom. The second-order valence-corrected chi connectivity index (χ2v) is 4.46. The van der Waals surface area contributed by atoms with Crippen molar-refractivity contribution >= 4 is 11.5 Å². The van der Waals surface area contributed by atoms with E-state index >= 15 is 0 Å². The summed E-state index contributed by atoms with van der Waals surface area (Å²) >= 11 is 0. The van der Waals surface area contributed by atoms with Crippen molar-refractivity contribution < 1.29 is 13.2 Å². The Morgan fingerprint density at radius 3 is 2.40 bits per heavy atom. The lowest BCUT2D eigenvalue weighted by atomic mass is 10.1. The highest BCUT2D eigenvalue weighted by Gasteiger charge is 2.30. The number of nitrogens with two attached hydrogens (primary N) is 1. The van der Waals surface area contributed by atoms with Gasteiger partial charge in [0.15, 0.2) is 0 Å². The molecule has 3 nitrogen and oxygen atoms in total. The molecule has 0 fully saturated rings. The summed E-state index contributed by atoms with van der Waals surface area (Å²) in [5.41, 5.74) is 6.42. The minimum absolute atomic E-state index is 0.174. The predicted octanol–water partition coefficient (Wildman–Crippen LogP) is 3.86. The molecule has 0 saturated heterocycles. The predicted molar refractivity (Wildman–Crippen MR) is 72.1 cm³/mol. The molecule has 2 aromatic rings. The highest BCUT2D eigenvalue weighted by atomic mass is 19.4. The number of nitrogens with zero attached hydrogens (tertiary/aromatic N) is 1. The van der Waals surface area contributed by atoms with Gasteiger partial charge in [-0.3, -0.25) is 0 Å². The number of nitrogens with one attached hydrogen (secondary N) is 1. The number of halogens is 3. The number of aromatic nitrogens is 1. The van der Waals surface area contributed by atoms with Crippen LogP contribution in [0.1, 0.15) is 24.1 Å². The van der Waals surface area contributed by atoms with E-state index in [9.17, 15) is 13.2 Å². The van der Waals surface area contributed by atoms with Crippen LogP contribution in [0.2, 0.25) is 0 Å². The van der Waals surface area contributed by atoms with Crippen LogP contribution in [0.4, 0.5) is 24.7 Å². The number of nitrogen functional groups attached to an aromatic ring is 1. The van der Waals surface area contributed by atoms with E-state index in [4.69, 9.17) is 5.73 Å². The summed E-state index contributed by atoms with van der Waals surface area (Å²) in [6.07, 6.45) is -3.23. The lowest BCUT2D eigenvalue weighted by Crippen LogP contribution is -2.10. The molecular formula is C14H14F3N3. The Kier molecular flexibility index (Phi) is 3.83. The SMILES string of the molecule is CC(Nc1cc(C(F)(F)F)ccn1)c1ccc(N)cc1. The molecule has 0 saturated carbocycles. The number of rotatable bonds is 3. The third-order valence-corrected chi connectivity index (χ3v) is 2.89. The van der Waals surface area contributed by atoms with Crippen LogP contribution in [-0.2, 0) is 6.18 Å². The van der Waals surface area contributed by atoms with Crippen molar-refractivity contribution in [3.05, 3.63) is 53.7 Å². The number of hydrogen-bond donors (Lipinski definition) is 2. The van der Waals surface area contributed by atoms with Crippen LogP contribution >= 0.6 is 0 Å². The van der Waals surface area contributed by atoms with E-state index in [-0.39, 0.29) is 11.9 Å². The zero-order valence-electron chi connectivity index (χ0n) is 10.8. The van der Waals surface area contributed by atoms with E-state index in [1.165, 1.54) is 0 Å². The molecule has 106 valence electrons. The summed E-state index contributed by atoms with van der Waals surface area (Å²) in [6, 6.07) is 8.89. The maximum absolute atomic E-state index is 12.6. The van der Waals surface area contributed by atoms with Crippen LogP contribution in [-0.4, -0.2) is 4.98 Å². The smallest absolute Gasteiger partial charge is 0.399 e. The van der Waals surface area contributed by atoms with Crippen molar-refractivity contribution in [3.63, 3.8) is 0 Å². The number of benzene rings is 1. The Balaban J connectivity index is 2.15. The van der Waals surface area contributed by atoms with E-state index in [2.05, 4.69) is 10.3 Å². The van der Waals surface area contributed by atoms with Gasteiger partial charge in [-0.2, -0.15) is 13.2 Å². The summed E-state index contributed by atoms with van der Waals surface area (Å²) in [7, 11) is 0. The Labute approximate surface area is 114 Å². The minimum Gasteiger partial charge on any atom is -0.399 e. The molecule has 6 heteroatoms. The molecule has 1 heterocycles. The van der Waals surface area contributed by atoms with Crippen LogP contribution in [0.15, 0.2) is 42.6 Å². The molecule has 1 aromatic heterocycles. The van der Waals surface area contributed by atoms with Crippen molar-refractivity contribution in [2.45, 2.75) is 19.1 Å². The summed E-state index contributed by atoms with van der Waals surface area (Å²) in [4.78, 5) is 3.90. The van der Waals surface area contributed by atoms with Gasteiger partial charge in [0.2, 0.25) is 0 Å². The zero-order chi connectivity index (χ0) is 14.8. The molecule has 0 amide bonds. The van der Waals surface area contributed by atoms with Gasteiger partial charge in [0.25, 0.3) is 0 Å². The van der Waals surface area contributed by atoms with Gasteiger partial charge in [-0.05, 0) is 36.8 Å². The maximum Gasteiger partial charge on any atom is 0.416 e. The van der Waals surface area contributed by atoms with Gasteiger partial charge < -0.3 is 11.1 Å². The van der Waals surface area contributed by atoms with Crippen molar-refractivity contribution in [2.24, 2.45) is 0 Å². The van der Waals surface area contributed by atoms with Crippen LogP contribution in [0.25, 0.3) is 0 Å². The normalized spacial score (nSPS) is 13.0. The minimum atomic E-state index is -4.37. The van der Waals surface area contributed by atoms with Crippen molar-refractivity contribution in [3.8, 4) is 0 Å². The highest BCUT2D eigenvalue weighted by molar-refractivity contribution is 5.44. The molecule has 0 aliphatic heterocycles. The monoisotopic (exact) mass is 281 g/mol. The fourth-order valence-corrected chi connectivity index (χ4v) is 1.78. The third kappa shape index (κ3) is 3.40. The molecule has 1 atom stereocenters. The number of anilines is 2. The summed E-state index contributed by atoms with van der Waals surface area (Å²) in [6.45, 7) is 1.84. The first-order valence-electron chi connectivity index (χ1n) is 6.01. The standard InChI is InChI=1S/C14H14F3N3/c1-9(10-2-4-12(18)5-3-10)20-13-8-11(6-7-19-13)14(15,16)17/h2-9H,18H2,1H3,(H,19,20). The van der Waals surface area contributed by atoms with Gasteiger partial charge in [0.05, 0.1) is 5.56 Å². The van der Waals surface area contributed by atoms with Crippen LogP contribution in [0, 0.1) is 0 Å². The first kappa shape index (κ1) is 14.2. The summed E-state index contributed by atoms with van der Waals surface area (Å²) < 4.78 is 37.8. The van der Waals surface area contributed by atoms with Crippen molar-refractivity contribution in [1.82, 2.24) is 4.98 Å². The molecule has 0 spiro atoms. The average Bonchev–Trinajstić information content (AvgIpc) is 2.38. The van der Waals surface area contributed by atoms with Gasteiger partial charge in [-0.1, -0.05) is 12.1 Å². The van der Waals surface area contributed by atoms with Gasteiger partial charge >= 0.3 is 6.18 Å². The Morgan fingerprint density at radius 1 is 1.15 bits per heavy atom. The van der Waals surface area contributed by atoms with Gasteiger partial charge in [0.1, 0.15) is 5.82 Å². The molecular weight excluding hydrogens is 267 g/mol. The Bertz CT molecular complexity index is 579. The lowest BCUT2D eigenvalue weighted by Gasteiger charge is -2.16. The van der Waals surface area contributed by atoms with Crippen molar-refractivity contribution in [2.75, 3.05) is 11.1 Å². The molecule has 0 aliphatic carbocycles. The maximum atomic E-state index is 12.6. The molecule has 2 rings (SSSR count). The van der Waals surface area contributed by atoms with Gasteiger partial charge in [-0.15, -0.1) is 0 Å². The second-order valence-electron chi connectivity index (χ2n) is 4.46. The summed E-state index contributed by atoms with van der Waals surface area (Å²) in [5.74, 6) is 0.184. The topological polar surface area (TPSA) is 50.9 Å². The second kappa shape index (κ2) is 5.40. The first-order chi connectivity index (χ1) is 9.36. The van der Waals surface area contributed by atoms with E-state index < -0.39 is 11.7 Å². The van der Waals surface area contributed by atoms with E-state index in [1.807, 2.05) is 19.1 Å². The lowest BCUT2D eigenvalue weighted by molar-refractivity contribution is -0.137. The molecule has 3 N–H and O–H groups in total. The van der Waals surface area contributed by atoms with Crippen LogP contribution in [0.5, 0.6) is 0 Å². The van der Waals surface area contributed by atoms with E-state index in [0.29, 0.717) is 5.69 Å². The number of pyridine rings is 1. The largest absolute Gasteiger partial charge is 0.416 e. The third-order valence-electron chi connectivity index (χ3n) is 2.89. The molecule has 20 heavy (non-hydrogen) atoms. The molecule has 0 radical (unpaired) electrons. The van der Waals surface area contributed by atoms with Crippen molar-refractivity contribution in [1.29, 1.82) is 0 Å². The van der Waals surface area contributed by atoms with Crippen LogP contribution < -0.4 is 11.1 Å². The average molecular weight is 281 g/mol. The first-order valence-corrected chi connectivity index (χ1v) is 6.01. The fourth-order valence-electron chi connectivity index (χ4n) is 1.78. The highest BCUT2D eigenvalue weighted by Crippen LogP contribution is 2.30. The quantitative estimate of drug-likeness (QED) is 0.840. The Hall–Kier alpha value is -2.24. The fraction of sp³-hybridized carbons (Fsp3) is 0.214.